The first-order valence-electron chi connectivity index (χ1n) is 14.9. The molecule has 0 unspecified atom stereocenters. The maximum absolute atomic E-state index is 6.02. The van der Waals surface area contributed by atoms with Crippen LogP contribution in [0.4, 0.5) is 22.7 Å². The van der Waals surface area contributed by atoms with Crippen LogP contribution in [0.25, 0.3) is 39.0 Å². The normalized spacial score (nSPS) is 14.8. The minimum atomic E-state index is -0.263. The van der Waals surface area contributed by atoms with Crippen LogP contribution >= 0.6 is 0 Å². The number of rotatable bonds is 6. The maximum Gasteiger partial charge on any atom is 0.157 e. The number of aryl methyl sites for hydroxylation is 2. The molecule has 1 aliphatic rings. The zero-order valence-corrected chi connectivity index (χ0v) is 25.6. The predicted octanol–water partition coefficient (Wildman–Crippen LogP) is 8.64. The summed E-state index contributed by atoms with van der Waals surface area (Å²) in [5.41, 5.74) is 12.9. The molecule has 0 aliphatic carbocycles. The zero-order valence-electron chi connectivity index (χ0n) is 25.6. The fourth-order valence-corrected chi connectivity index (χ4v) is 5.84. The van der Waals surface area contributed by atoms with E-state index >= 15 is 0 Å². The quantitative estimate of drug-likeness (QED) is 0.181. The van der Waals surface area contributed by atoms with Crippen LogP contribution in [-0.4, -0.2) is 37.1 Å². The lowest BCUT2D eigenvalue weighted by Crippen LogP contribution is -2.31. The molecule has 0 saturated heterocycles. The predicted molar refractivity (Wildman–Crippen MR) is 179 cm³/mol. The van der Waals surface area contributed by atoms with E-state index in [9.17, 15) is 0 Å². The summed E-state index contributed by atoms with van der Waals surface area (Å²) >= 11 is 0. The highest BCUT2D eigenvalue weighted by molar-refractivity contribution is 5.95. The van der Waals surface area contributed by atoms with Crippen LogP contribution in [0, 0.1) is 13.8 Å². The van der Waals surface area contributed by atoms with Crippen LogP contribution in [0.3, 0.4) is 0 Å². The molecule has 0 radical (unpaired) electrons. The van der Waals surface area contributed by atoms with E-state index in [1.54, 1.807) is 6.20 Å². The first-order chi connectivity index (χ1) is 21.2. The molecule has 8 nitrogen and oxygen atoms in total. The summed E-state index contributed by atoms with van der Waals surface area (Å²) in [5, 5.41) is 8.11. The average molecular weight is 582 g/mol. The van der Waals surface area contributed by atoms with Gasteiger partial charge in [-0.15, -0.1) is 0 Å². The Balaban J connectivity index is 1.15. The number of aromatic amines is 1. The van der Waals surface area contributed by atoms with Crippen molar-refractivity contribution in [1.29, 1.82) is 0 Å². The van der Waals surface area contributed by atoms with Gasteiger partial charge in [0.2, 0.25) is 0 Å². The summed E-state index contributed by atoms with van der Waals surface area (Å²) in [6.07, 6.45) is 4.55. The molecule has 4 aromatic heterocycles. The molecule has 2 aromatic carbocycles. The van der Waals surface area contributed by atoms with Gasteiger partial charge in [0, 0.05) is 40.0 Å². The number of anilines is 4. The van der Waals surface area contributed by atoms with Gasteiger partial charge in [0.15, 0.2) is 5.82 Å². The minimum absolute atomic E-state index is 0.263. The largest absolute Gasteiger partial charge is 0.371 e. The van der Waals surface area contributed by atoms with E-state index in [1.165, 1.54) is 16.7 Å². The molecule has 0 amide bonds. The molecule has 1 aliphatic heterocycles. The topological polar surface area (TPSA) is 101 Å². The third kappa shape index (κ3) is 5.40. The summed E-state index contributed by atoms with van der Waals surface area (Å²) in [7, 11) is 0. The monoisotopic (exact) mass is 581 g/mol. The Morgan fingerprint density at radius 3 is 2.41 bits per heavy atom. The van der Waals surface area contributed by atoms with Crippen molar-refractivity contribution in [1.82, 2.24) is 24.9 Å². The lowest BCUT2D eigenvalue weighted by atomic mass is 9.86. The Bertz CT molecular complexity index is 2060. The second-order valence-electron chi connectivity index (χ2n) is 11.9. The van der Waals surface area contributed by atoms with E-state index < -0.39 is 0 Å². The third-order valence-corrected chi connectivity index (χ3v) is 8.41. The number of benzene rings is 2. The SMILES string of the molecule is CC1=C(c2ccc3nc(C)cc(Nc4ccc(-c5nc6ccc(Nc7ccnc(C)c7)cc6[nH]5)nc4)c3c2)CCOC1(C)C. The molecule has 220 valence electrons. The van der Waals surface area contributed by atoms with Crippen molar-refractivity contribution < 1.29 is 4.74 Å². The molecule has 0 saturated carbocycles. The van der Waals surface area contributed by atoms with E-state index in [1.807, 2.05) is 56.4 Å². The summed E-state index contributed by atoms with van der Waals surface area (Å²) in [5.74, 6) is 0.723. The number of hydrogen-bond donors (Lipinski definition) is 3. The Hall–Kier alpha value is -5.08. The smallest absolute Gasteiger partial charge is 0.157 e. The molecular weight excluding hydrogens is 546 g/mol. The maximum atomic E-state index is 6.02. The van der Waals surface area contributed by atoms with Crippen LogP contribution in [0.2, 0.25) is 0 Å². The molecule has 44 heavy (non-hydrogen) atoms. The van der Waals surface area contributed by atoms with E-state index in [0.717, 1.165) is 80.6 Å². The van der Waals surface area contributed by atoms with Crippen LogP contribution in [0.1, 0.15) is 44.1 Å². The Morgan fingerprint density at radius 2 is 1.59 bits per heavy atom. The van der Waals surface area contributed by atoms with Gasteiger partial charge in [0.05, 0.1) is 40.6 Å². The fourth-order valence-electron chi connectivity index (χ4n) is 5.84. The first kappa shape index (κ1) is 27.7. The number of imidazole rings is 1. The lowest BCUT2D eigenvalue weighted by Gasteiger charge is -2.34. The second-order valence-corrected chi connectivity index (χ2v) is 11.9. The molecule has 7 rings (SSSR count). The van der Waals surface area contributed by atoms with Crippen LogP contribution in [0.15, 0.2) is 84.7 Å². The molecule has 5 heterocycles. The number of ether oxygens (including phenoxy) is 1. The third-order valence-electron chi connectivity index (χ3n) is 8.41. The highest BCUT2D eigenvalue weighted by Gasteiger charge is 2.28. The van der Waals surface area contributed by atoms with Crippen molar-refractivity contribution in [3.05, 3.63) is 102 Å². The van der Waals surface area contributed by atoms with Gasteiger partial charge in [-0.1, -0.05) is 6.07 Å². The van der Waals surface area contributed by atoms with Crippen molar-refractivity contribution in [2.45, 2.75) is 46.6 Å². The minimum Gasteiger partial charge on any atom is -0.371 e. The van der Waals surface area contributed by atoms with Crippen molar-refractivity contribution in [2.75, 3.05) is 17.2 Å². The number of aromatic nitrogens is 5. The van der Waals surface area contributed by atoms with Gasteiger partial charge in [0.25, 0.3) is 0 Å². The van der Waals surface area contributed by atoms with Gasteiger partial charge in [-0.25, -0.2) is 4.98 Å². The highest BCUT2D eigenvalue weighted by atomic mass is 16.5. The molecule has 3 N–H and O–H groups in total. The molecule has 0 fully saturated rings. The molecule has 8 heteroatoms. The Labute approximate surface area is 256 Å². The van der Waals surface area contributed by atoms with E-state index in [4.69, 9.17) is 19.7 Å². The number of hydrogen-bond acceptors (Lipinski definition) is 7. The van der Waals surface area contributed by atoms with Gasteiger partial charge >= 0.3 is 0 Å². The van der Waals surface area contributed by atoms with Crippen molar-refractivity contribution in [3.63, 3.8) is 0 Å². The first-order valence-corrected chi connectivity index (χ1v) is 14.9. The second kappa shape index (κ2) is 10.9. The highest BCUT2D eigenvalue weighted by Crippen LogP contribution is 2.37. The molecular formula is C36H35N7O. The van der Waals surface area contributed by atoms with E-state index in [0.29, 0.717) is 0 Å². The summed E-state index contributed by atoms with van der Waals surface area (Å²) in [6, 6.07) is 22.7. The number of H-pyrrole nitrogens is 1. The number of nitrogens with zero attached hydrogens (tertiary/aromatic N) is 4. The van der Waals surface area contributed by atoms with E-state index in [2.05, 4.69) is 71.7 Å². The molecule has 0 bridgehead atoms. The van der Waals surface area contributed by atoms with Gasteiger partial charge < -0.3 is 20.4 Å². The van der Waals surface area contributed by atoms with Crippen LogP contribution in [-0.2, 0) is 4.74 Å². The van der Waals surface area contributed by atoms with Crippen molar-refractivity contribution >= 4 is 50.3 Å². The zero-order chi connectivity index (χ0) is 30.4. The number of fused-ring (bicyclic) bond motifs is 2. The van der Waals surface area contributed by atoms with Crippen molar-refractivity contribution in [3.8, 4) is 11.5 Å². The van der Waals surface area contributed by atoms with Crippen LogP contribution in [0.5, 0.6) is 0 Å². The fraction of sp³-hybridized carbons (Fsp3) is 0.222. The number of nitrogens with one attached hydrogen (secondary N) is 3. The Kier molecular flexibility index (Phi) is 6.86. The molecule has 6 aromatic rings. The average Bonchev–Trinajstić information content (AvgIpc) is 3.42. The lowest BCUT2D eigenvalue weighted by molar-refractivity contribution is 0.00665. The summed E-state index contributed by atoms with van der Waals surface area (Å²) in [6.45, 7) is 11.2. The van der Waals surface area contributed by atoms with Gasteiger partial charge in [-0.3, -0.25) is 15.0 Å². The number of pyridine rings is 3. The van der Waals surface area contributed by atoms with Gasteiger partial charge in [-0.2, -0.15) is 0 Å². The van der Waals surface area contributed by atoms with Gasteiger partial charge in [-0.05, 0) is 118 Å². The standard InChI is InChI=1S/C36H35N7O/c1-21-16-26(12-14-37-21)40-25-7-10-31-34(19-25)43-35(42-31)32-11-8-27(20-38-32)41-33-17-22(2)39-30-9-6-24(18-29(30)33)28-13-15-44-36(4,5)23(28)3/h6-12,14,16-20H,13,15H2,1-5H3,(H,37,40)(H,39,41)(H,42,43). The summed E-state index contributed by atoms with van der Waals surface area (Å²) < 4.78 is 6.02. The van der Waals surface area contributed by atoms with Crippen molar-refractivity contribution in [2.24, 2.45) is 0 Å². The Morgan fingerprint density at radius 1 is 0.773 bits per heavy atom. The van der Waals surface area contributed by atoms with Crippen LogP contribution < -0.4 is 10.6 Å². The van der Waals surface area contributed by atoms with Gasteiger partial charge in [0.1, 0.15) is 5.69 Å². The molecule has 0 spiro atoms. The molecule has 0 atom stereocenters. The summed E-state index contributed by atoms with van der Waals surface area (Å²) in [4.78, 5) is 22.0. The van der Waals surface area contributed by atoms with E-state index in [-0.39, 0.29) is 5.60 Å².